The Bertz CT molecular complexity index is 1620. The van der Waals surface area contributed by atoms with Gasteiger partial charge in [0.1, 0.15) is 11.6 Å². The van der Waals surface area contributed by atoms with Crippen LogP contribution in [0.2, 0.25) is 0 Å². The maximum absolute atomic E-state index is 14.1. The minimum absolute atomic E-state index is 0.191. The van der Waals surface area contributed by atoms with Crippen LogP contribution >= 0.6 is 0 Å². The van der Waals surface area contributed by atoms with Gasteiger partial charge in [0.15, 0.2) is 0 Å². The number of amides is 2. The summed E-state index contributed by atoms with van der Waals surface area (Å²) in [5.41, 5.74) is 6.88. The van der Waals surface area contributed by atoms with Gasteiger partial charge in [-0.2, -0.15) is 5.10 Å². The first kappa shape index (κ1) is 24.6. The SMILES string of the molecule is CCc1nn(-c2ccccc2)c2c1CN(C(=O)Nc1cccc(OC)c1)[C@H](c1ccc(C)cc1)c1cccn1-2. The number of anilines is 1. The summed E-state index contributed by atoms with van der Waals surface area (Å²) in [6.07, 6.45) is 2.82. The second-order valence-corrected chi connectivity index (χ2v) is 9.76. The van der Waals surface area contributed by atoms with Gasteiger partial charge in [-0.25, -0.2) is 9.48 Å². The number of carbonyl (C=O) groups excluding carboxylic acids is 1. The molecule has 0 spiro atoms. The fourth-order valence-corrected chi connectivity index (χ4v) is 5.34. The van der Waals surface area contributed by atoms with E-state index in [0.717, 1.165) is 40.4 Å². The third-order valence-corrected chi connectivity index (χ3v) is 7.28. The lowest BCUT2D eigenvalue weighted by molar-refractivity contribution is 0.194. The van der Waals surface area contributed by atoms with Gasteiger partial charge in [-0.1, -0.05) is 61.0 Å². The third kappa shape index (κ3) is 4.46. The number of nitrogens with one attached hydrogen (secondary N) is 1. The van der Waals surface area contributed by atoms with Crippen molar-refractivity contribution in [2.75, 3.05) is 12.4 Å². The van der Waals surface area contributed by atoms with Crippen molar-refractivity contribution in [2.45, 2.75) is 32.9 Å². The molecule has 1 aliphatic rings. The van der Waals surface area contributed by atoms with Gasteiger partial charge in [0, 0.05) is 23.5 Å². The summed E-state index contributed by atoms with van der Waals surface area (Å²) in [6, 6.07) is 29.7. The lowest BCUT2D eigenvalue weighted by atomic mass is 10.0. The summed E-state index contributed by atoms with van der Waals surface area (Å²) >= 11 is 0. The van der Waals surface area contributed by atoms with E-state index in [1.807, 2.05) is 58.1 Å². The molecule has 2 amide bonds. The minimum atomic E-state index is -0.312. The van der Waals surface area contributed by atoms with E-state index in [1.54, 1.807) is 7.11 Å². The number of rotatable bonds is 5. The molecular weight excluding hydrogens is 486 g/mol. The van der Waals surface area contributed by atoms with Gasteiger partial charge in [0.2, 0.25) is 0 Å². The zero-order valence-electron chi connectivity index (χ0n) is 22.3. The van der Waals surface area contributed by atoms with Gasteiger partial charge in [-0.05, 0) is 55.3 Å². The summed E-state index contributed by atoms with van der Waals surface area (Å²) in [5.74, 6) is 1.65. The molecule has 0 saturated heterocycles. The molecule has 0 fully saturated rings. The molecule has 3 heterocycles. The van der Waals surface area contributed by atoms with Crippen molar-refractivity contribution in [2.24, 2.45) is 0 Å². The van der Waals surface area contributed by atoms with Gasteiger partial charge in [-0.3, -0.25) is 0 Å². The molecule has 7 heteroatoms. The van der Waals surface area contributed by atoms with Crippen LogP contribution in [0.4, 0.5) is 10.5 Å². The van der Waals surface area contributed by atoms with Crippen molar-refractivity contribution in [1.82, 2.24) is 19.2 Å². The van der Waals surface area contributed by atoms with E-state index in [0.29, 0.717) is 18.0 Å². The first-order chi connectivity index (χ1) is 19.1. The molecule has 0 bridgehead atoms. The Kier molecular flexibility index (Phi) is 6.40. The first-order valence-electron chi connectivity index (χ1n) is 13.2. The highest BCUT2D eigenvalue weighted by Gasteiger charge is 2.36. The molecule has 0 unspecified atom stereocenters. The highest BCUT2D eigenvalue weighted by atomic mass is 16.5. The predicted octanol–water partition coefficient (Wildman–Crippen LogP) is 6.68. The normalized spacial score (nSPS) is 14.3. The fraction of sp³-hybridized carbons (Fsp3) is 0.188. The largest absolute Gasteiger partial charge is 0.497 e. The summed E-state index contributed by atoms with van der Waals surface area (Å²) in [5, 5.41) is 8.16. The standard InChI is InChI=1S/C32H31N5O2/c1-4-28-27-21-36(32(38)33-24-10-8-13-26(20-24)39-3)30(23-17-15-22(2)16-18-23)29-14-9-19-35(29)31(27)37(34-28)25-11-6-5-7-12-25/h5-20,30H,4,21H2,1-3H3,(H,33,38)/t30-/m1/s1. The van der Waals surface area contributed by atoms with Crippen LogP contribution in [-0.2, 0) is 13.0 Å². The Labute approximate surface area is 228 Å². The maximum atomic E-state index is 14.1. The van der Waals surface area contributed by atoms with E-state index >= 15 is 0 Å². The van der Waals surface area contributed by atoms with E-state index < -0.39 is 0 Å². The van der Waals surface area contributed by atoms with E-state index in [9.17, 15) is 4.79 Å². The number of aryl methyl sites for hydroxylation is 2. The number of aromatic nitrogens is 3. The molecule has 0 aliphatic carbocycles. The van der Waals surface area contributed by atoms with E-state index in [1.165, 1.54) is 5.56 Å². The maximum Gasteiger partial charge on any atom is 0.322 e. The Morgan fingerprint density at radius 2 is 1.79 bits per heavy atom. The van der Waals surface area contributed by atoms with Crippen molar-refractivity contribution in [3.8, 4) is 17.3 Å². The number of urea groups is 1. The molecule has 2 aromatic heterocycles. The van der Waals surface area contributed by atoms with Crippen molar-refractivity contribution in [3.63, 3.8) is 0 Å². The zero-order chi connectivity index (χ0) is 26.9. The van der Waals surface area contributed by atoms with Gasteiger partial charge in [0.05, 0.1) is 36.8 Å². The van der Waals surface area contributed by atoms with Crippen LogP contribution in [0.15, 0.2) is 97.2 Å². The van der Waals surface area contributed by atoms with Crippen LogP contribution < -0.4 is 10.1 Å². The molecule has 196 valence electrons. The number of hydrogen-bond acceptors (Lipinski definition) is 3. The van der Waals surface area contributed by atoms with Crippen molar-refractivity contribution < 1.29 is 9.53 Å². The van der Waals surface area contributed by atoms with Crippen LogP contribution in [0.25, 0.3) is 11.5 Å². The first-order valence-corrected chi connectivity index (χ1v) is 13.2. The van der Waals surface area contributed by atoms with Crippen molar-refractivity contribution in [3.05, 3.63) is 125 Å². The van der Waals surface area contributed by atoms with E-state index in [2.05, 4.69) is 72.4 Å². The molecule has 3 aromatic carbocycles. The van der Waals surface area contributed by atoms with Crippen LogP contribution in [0.3, 0.4) is 0 Å². The summed E-state index contributed by atoms with van der Waals surface area (Å²) in [6.45, 7) is 4.59. The van der Waals surface area contributed by atoms with E-state index in [4.69, 9.17) is 9.84 Å². The molecule has 0 radical (unpaired) electrons. The van der Waals surface area contributed by atoms with Crippen LogP contribution in [-0.4, -0.2) is 32.4 Å². The monoisotopic (exact) mass is 517 g/mol. The highest BCUT2D eigenvalue weighted by Crippen LogP contribution is 2.39. The topological polar surface area (TPSA) is 64.3 Å². The Morgan fingerprint density at radius 3 is 2.54 bits per heavy atom. The molecule has 1 N–H and O–H groups in total. The molecule has 7 nitrogen and oxygen atoms in total. The number of methoxy groups -OCH3 is 1. The zero-order valence-corrected chi connectivity index (χ0v) is 22.3. The molecule has 39 heavy (non-hydrogen) atoms. The third-order valence-electron chi connectivity index (χ3n) is 7.28. The lowest BCUT2D eigenvalue weighted by Gasteiger charge is -2.31. The van der Waals surface area contributed by atoms with Crippen molar-refractivity contribution >= 4 is 11.7 Å². The predicted molar refractivity (Wildman–Crippen MR) is 153 cm³/mol. The molecule has 0 saturated carbocycles. The Balaban J connectivity index is 1.53. The second-order valence-electron chi connectivity index (χ2n) is 9.76. The number of hydrogen-bond donors (Lipinski definition) is 1. The average molecular weight is 518 g/mol. The quantitative estimate of drug-likeness (QED) is 0.283. The molecule has 6 rings (SSSR count). The number of carbonyl (C=O) groups is 1. The van der Waals surface area contributed by atoms with E-state index in [-0.39, 0.29) is 12.1 Å². The summed E-state index contributed by atoms with van der Waals surface area (Å²) in [4.78, 5) is 16.0. The van der Waals surface area contributed by atoms with Crippen LogP contribution in [0, 0.1) is 6.92 Å². The highest BCUT2D eigenvalue weighted by molar-refractivity contribution is 5.90. The summed E-state index contributed by atoms with van der Waals surface area (Å²) < 4.78 is 9.58. The molecular formula is C32H31N5O2. The Hall–Kier alpha value is -4.78. The number of fused-ring (bicyclic) bond motifs is 3. The van der Waals surface area contributed by atoms with Gasteiger partial charge >= 0.3 is 6.03 Å². The van der Waals surface area contributed by atoms with Crippen LogP contribution in [0.1, 0.15) is 41.0 Å². The van der Waals surface area contributed by atoms with Gasteiger partial charge in [0.25, 0.3) is 0 Å². The Morgan fingerprint density at radius 1 is 1.00 bits per heavy atom. The second kappa shape index (κ2) is 10.2. The lowest BCUT2D eigenvalue weighted by Crippen LogP contribution is -2.38. The number of benzene rings is 3. The summed E-state index contributed by atoms with van der Waals surface area (Å²) in [7, 11) is 1.62. The fourth-order valence-electron chi connectivity index (χ4n) is 5.34. The minimum Gasteiger partial charge on any atom is -0.497 e. The van der Waals surface area contributed by atoms with Gasteiger partial charge < -0.3 is 19.5 Å². The molecule has 5 aromatic rings. The number of ether oxygens (including phenoxy) is 1. The molecule has 1 aliphatic heterocycles. The van der Waals surface area contributed by atoms with Crippen molar-refractivity contribution in [1.29, 1.82) is 0 Å². The average Bonchev–Trinajstić information content (AvgIpc) is 3.55. The van der Waals surface area contributed by atoms with Gasteiger partial charge in [-0.15, -0.1) is 0 Å². The number of para-hydroxylation sites is 1. The molecule has 1 atom stereocenters. The number of nitrogens with zero attached hydrogens (tertiary/aromatic N) is 4. The van der Waals surface area contributed by atoms with Crippen LogP contribution in [0.5, 0.6) is 5.75 Å². The smallest absolute Gasteiger partial charge is 0.322 e.